The summed E-state index contributed by atoms with van der Waals surface area (Å²) in [4.78, 5) is 18.5. The second kappa shape index (κ2) is 26.8. The predicted octanol–water partition coefficient (Wildman–Crippen LogP) is 3.90. The van der Waals surface area contributed by atoms with E-state index in [1.807, 2.05) is 13.6 Å². The number of rotatable bonds is 21. The van der Waals surface area contributed by atoms with Crippen LogP contribution in [-0.2, 0) is 13.6 Å². The second-order valence-corrected chi connectivity index (χ2v) is 15.4. The fourth-order valence-electron chi connectivity index (χ4n) is 4.69. The zero-order chi connectivity index (χ0) is 32.5. The van der Waals surface area contributed by atoms with Gasteiger partial charge in [-0.3, -0.25) is 4.79 Å². The molecule has 2 atom stereocenters. The Labute approximate surface area is 257 Å². The Morgan fingerprint density at radius 2 is 1.17 bits per heavy atom. The average Bonchev–Trinajstić information content (AvgIpc) is 2.86. The molecule has 1 amide bonds. The van der Waals surface area contributed by atoms with Crippen LogP contribution in [0.15, 0.2) is 0 Å². The molecule has 9 nitrogen and oxygen atoms in total. The van der Waals surface area contributed by atoms with Gasteiger partial charge in [-0.15, -0.1) is 0 Å². The van der Waals surface area contributed by atoms with Crippen molar-refractivity contribution in [2.75, 3.05) is 94.3 Å². The fraction of sp³-hybridized carbons (Fsp3) is 0.903. The summed E-state index contributed by atoms with van der Waals surface area (Å²) in [6, 6.07) is 0.811. The van der Waals surface area contributed by atoms with Crippen molar-refractivity contribution in [2.45, 2.75) is 91.5 Å². The number of carbonyl (C=O) groups is 1. The highest BCUT2D eigenvalue weighted by Gasteiger charge is 2.32. The maximum atomic E-state index is 11.9. The van der Waals surface area contributed by atoms with Crippen LogP contribution in [0, 0.1) is 13.8 Å². The van der Waals surface area contributed by atoms with Crippen LogP contribution < -0.4 is 0 Å². The van der Waals surface area contributed by atoms with Gasteiger partial charge in [-0.05, 0) is 85.0 Å². The summed E-state index contributed by atoms with van der Waals surface area (Å²) in [6.07, 6.45) is 4.44. The van der Waals surface area contributed by atoms with E-state index >= 15 is 0 Å². The molecular weight excluding hydrogens is 536 g/mol. The summed E-state index contributed by atoms with van der Waals surface area (Å²) in [5.74, 6) is 0.00935. The van der Waals surface area contributed by atoms with Crippen molar-refractivity contribution in [3.63, 3.8) is 0 Å². The molecule has 0 heterocycles. The van der Waals surface area contributed by atoms with Gasteiger partial charge >= 0.3 is 8.56 Å². The summed E-state index contributed by atoms with van der Waals surface area (Å²) in [6.45, 7) is 27.2. The van der Waals surface area contributed by atoms with Gasteiger partial charge in [0.1, 0.15) is 13.1 Å². The van der Waals surface area contributed by atoms with E-state index in [4.69, 9.17) is 8.85 Å². The van der Waals surface area contributed by atoms with Gasteiger partial charge in [-0.25, -0.2) is 0 Å². The molecule has 2 N–H and O–H groups in total. The molecule has 0 saturated heterocycles. The zero-order valence-electron chi connectivity index (χ0n) is 29.1. The van der Waals surface area contributed by atoms with E-state index in [1.165, 1.54) is 51.9 Å². The first-order chi connectivity index (χ1) is 19.1. The van der Waals surface area contributed by atoms with Crippen molar-refractivity contribution in [3.05, 3.63) is 13.8 Å². The van der Waals surface area contributed by atoms with Gasteiger partial charge in [0, 0.05) is 27.7 Å². The Morgan fingerprint density at radius 3 is 1.44 bits per heavy atom. The number of aliphatic hydroxyl groups is 2. The van der Waals surface area contributed by atoms with Crippen molar-refractivity contribution in [3.8, 4) is 0 Å². The van der Waals surface area contributed by atoms with Crippen LogP contribution in [-0.4, -0.2) is 150 Å². The second-order valence-electron chi connectivity index (χ2n) is 11.8. The lowest BCUT2D eigenvalue weighted by molar-refractivity contribution is -0.913. The SMILES string of the molecule is CCCN(C)CCC.CCCN(C)CCC.[CH2+]C(O)C[N+](C)(CCN(CCC[Si](C)(OC)OC)C(C)=O)CC([CH2+])O. The quantitative estimate of drug-likeness (QED) is 0.116. The van der Waals surface area contributed by atoms with Crippen molar-refractivity contribution in [1.82, 2.24) is 14.7 Å². The molecule has 0 saturated carbocycles. The highest BCUT2D eigenvalue weighted by atomic mass is 28.4. The minimum atomic E-state index is -2.13. The lowest BCUT2D eigenvalue weighted by Crippen LogP contribution is -2.55. The van der Waals surface area contributed by atoms with E-state index in [0.717, 1.165) is 12.5 Å². The number of nitrogens with zero attached hydrogens (tertiary/aromatic N) is 4. The Kier molecular flexibility index (Phi) is 29.1. The molecule has 0 radical (unpaired) electrons. The first-order valence-electron chi connectivity index (χ1n) is 15.7. The van der Waals surface area contributed by atoms with E-state index in [0.29, 0.717) is 37.2 Å². The molecule has 0 bridgehead atoms. The van der Waals surface area contributed by atoms with Crippen LogP contribution in [0.25, 0.3) is 0 Å². The number of aliphatic hydroxyl groups excluding tert-OH is 2. The molecule has 0 aromatic heterocycles. The van der Waals surface area contributed by atoms with Gasteiger partial charge < -0.3 is 38.2 Å². The largest absolute Gasteiger partial charge is 0.398 e. The lowest BCUT2D eigenvalue weighted by Gasteiger charge is -2.35. The molecule has 0 aliphatic heterocycles. The third kappa shape index (κ3) is 27.7. The zero-order valence-corrected chi connectivity index (χ0v) is 30.1. The minimum Gasteiger partial charge on any atom is -0.398 e. The number of likely N-dealkylation sites (N-methyl/N-ethyl adjacent to an activating group) is 1. The third-order valence-corrected chi connectivity index (χ3v) is 9.99. The van der Waals surface area contributed by atoms with Gasteiger partial charge in [-0.2, -0.15) is 0 Å². The van der Waals surface area contributed by atoms with E-state index in [-0.39, 0.29) is 5.91 Å². The molecule has 41 heavy (non-hydrogen) atoms. The molecule has 0 fully saturated rings. The van der Waals surface area contributed by atoms with Gasteiger partial charge in [0.15, 0.2) is 0 Å². The molecule has 0 aromatic carbocycles. The monoisotopic (exact) mass is 608 g/mol. The fourth-order valence-corrected chi connectivity index (χ4v) is 6.07. The maximum Gasteiger partial charge on any atom is 0.334 e. The summed E-state index contributed by atoms with van der Waals surface area (Å²) in [7, 11) is 7.48. The Morgan fingerprint density at radius 1 is 0.805 bits per heavy atom. The smallest absolute Gasteiger partial charge is 0.334 e. The van der Waals surface area contributed by atoms with Crippen LogP contribution in [0.2, 0.25) is 12.6 Å². The first-order valence-corrected chi connectivity index (χ1v) is 18.2. The molecule has 0 aliphatic rings. The third-order valence-electron chi connectivity index (χ3n) is 7.00. The Hall–Kier alpha value is -0.853. The number of hydrogen-bond donors (Lipinski definition) is 2. The van der Waals surface area contributed by atoms with E-state index in [2.05, 4.69) is 65.4 Å². The number of carbonyl (C=O) groups excluding carboxylic acids is 1. The predicted molar refractivity (Wildman–Crippen MR) is 177 cm³/mol. The van der Waals surface area contributed by atoms with Crippen LogP contribution in [0.3, 0.4) is 0 Å². The number of quaternary nitrogens is 1. The van der Waals surface area contributed by atoms with E-state index in [9.17, 15) is 15.0 Å². The van der Waals surface area contributed by atoms with Gasteiger partial charge in [-0.1, -0.05) is 27.7 Å². The Balaban J connectivity index is -0.000000731. The first kappa shape index (κ1) is 44.6. The number of hydrogen-bond acceptors (Lipinski definition) is 7. The molecule has 246 valence electrons. The van der Waals surface area contributed by atoms with Crippen LogP contribution >= 0.6 is 0 Å². The topological polar surface area (TPSA) is 85.7 Å². The van der Waals surface area contributed by atoms with E-state index in [1.54, 1.807) is 26.0 Å². The summed E-state index contributed by atoms with van der Waals surface area (Å²) in [5, 5.41) is 19.3. The molecule has 0 spiro atoms. The minimum absolute atomic E-state index is 0.00935. The van der Waals surface area contributed by atoms with Crippen molar-refractivity contribution >= 4 is 14.5 Å². The van der Waals surface area contributed by atoms with E-state index < -0.39 is 20.8 Å². The van der Waals surface area contributed by atoms with Gasteiger partial charge in [0.05, 0.1) is 34.0 Å². The summed E-state index contributed by atoms with van der Waals surface area (Å²) in [5.41, 5.74) is 0. The highest BCUT2D eigenvalue weighted by molar-refractivity contribution is 6.65. The van der Waals surface area contributed by atoms with Crippen LogP contribution in [0.5, 0.6) is 0 Å². The summed E-state index contributed by atoms with van der Waals surface area (Å²) < 4.78 is 11.3. The molecule has 10 heteroatoms. The normalized spacial score (nSPS) is 14.4. The molecule has 0 aliphatic carbocycles. The molecular formula is C31H71N4O5Si+3. The number of amides is 1. The standard InChI is InChI=1S/C17H37N2O5Si.2C7H17N/c1-15(20)13-19(4,14-16(2)21)11-10-18(17(3)22)9-8-12-25(7,23-5)24-6;2*1-4-6-8(3)7-5-2/h15-16,20-21H,1-2,8-14H2,3-7H3;2*4-7H2,1-3H3/q+3;;. The van der Waals surface area contributed by atoms with Crippen molar-refractivity contribution in [1.29, 1.82) is 0 Å². The molecule has 2 unspecified atom stereocenters. The lowest BCUT2D eigenvalue weighted by atomic mass is 10.2. The maximum absolute atomic E-state index is 11.9. The highest BCUT2D eigenvalue weighted by Crippen LogP contribution is 2.15. The van der Waals surface area contributed by atoms with Crippen molar-refractivity contribution in [2.24, 2.45) is 0 Å². The molecule has 0 rings (SSSR count). The van der Waals surface area contributed by atoms with Gasteiger partial charge in [0.2, 0.25) is 18.1 Å². The van der Waals surface area contributed by atoms with Crippen molar-refractivity contribution < 1.29 is 28.3 Å². The molecule has 0 aromatic rings. The van der Waals surface area contributed by atoms with Crippen LogP contribution in [0.4, 0.5) is 0 Å². The van der Waals surface area contributed by atoms with Gasteiger partial charge in [0.25, 0.3) is 0 Å². The Bertz CT molecular complexity index is 559. The summed E-state index contributed by atoms with van der Waals surface area (Å²) >= 11 is 0. The average molecular weight is 608 g/mol. The van der Waals surface area contributed by atoms with Crippen LogP contribution in [0.1, 0.15) is 66.7 Å².